The number of carboxylic acids is 1. The summed E-state index contributed by atoms with van der Waals surface area (Å²) >= 11 is 1.58. The number of hydrogen-bond donors (Lipinski definition) is 2. The molecular formula is C13H17NO3S. The van der Waals surface area contributed by atoms with Crippen LogP contribution < -0.4 is 10.5 Å². The van der Waals surface area contributed by atoms with Crippen LogP contribution in [0.3, 0.4) is 0 Å². The number of benzene rings is 1. The largest absolute Gasteiger partial charge is 0.493 e. The third kappa shape index (κ3) is 3.40. The van der Waals surface area contributed by atoms with Gasteiger partial charge in [-0.1, -0.05) is 12.1 Å². The zero-order valence-electron chi connectivity index (χ0n) is 10.1. The Morgan fingerprint density at radius 2 is 2.39 bits per heavy atom. The van der Waals surface area contributed by atoms with Crippen molar-refractivity contribution in [1.29, 1.82) is 0 Å². The fraction of sp³-hybridized carbons (Fsp3) is 0.462. The predicted octanol–water partition coefficient (Wildman–Crippen LogP) is 1.31. The molecule has 0 fully saturated rings. The highest BCUT2D eigenvalue weighted by Crippen LogP contribution is 2.26. The molecule has 1 aromatic carbocycles. The minimum absolute atomic E-state index is 0.462. The number of aryl methyl sites for hydroxylation is 1. The van der Waals surface area contributed by atoms with Crippen molar-refractivity contribution in [3.63, 3.8) is 0 Å². The molecule has 0 saturated heterocycles. The molecule has 1 atom stereocenters. The third-order valence-electron chi connectivity index (χ3n) is 2.90. The number of nitrogens with two attached hydrogens (primary N) is 1. The van der Waals surface area contributed by atoms with E-state index in [0.29, 0.717) is 5.75 Å². The van der Waals surface area contributed by atoms with Crippen molar-refractivity contribution < 1.29 is 14.6 Å². The predicted molar refractivity (Wildman–Crippen MR) is 72.3 cm³/mol. The average Bonchev–Trinajstić information content (AvgIpc) is 2.81. The smallest absolute Gasteiger partial charge is 0.321 e. The lowest BCUT2D eigenvalue weighted by Crippen LogP contribution is -2.32. The van der Waals surface area contributed by atoms with Crippen molar-refractivity contribution >= 4 is 17.7 Å². The quantitative estimate of drug-likeness (QED) is 0.760. The standard InChI is InChI=1S/C13H17NO3S/c14-11(13(15)16)8-18-6-4-9-1-2-12-10(7-9)3-5-17-12/h1-2,7,11H,3-6,8,14H2,(H,15,16)/t11-/m1/s1. The van der Waals surface area contributed by atoms with E-state index in [1.54, 1.807) is 11.8 Å². The van der Waals surface area contributed by atoms with E-state index >= 15 is 0 Å². The van der Waals surface area contributed by atoms with Crippen LogP contribution in [0.5, 0.6) is 5.75 Å². The normalized spacial score (nSPS) is 14.9. The topological polar surface area (TPSA) is 72.5 Å². The molecule has 0 aliphatic carbocycles. The third-order valence-corrected chi connectivity index (χ3v) is 3.99. The second-order valence-electron chi connectivity index (χ2n) is 4.31. The Kier molecular flexibility index (Phi) is 4.49. The van der Waals surface area contributed by atoms with Gasteiger partial charge in [0, 0.05) is 12.2 Å². The molecule has 18 heavy (non-hydrogen) atoms. The number of hydrogen-bond acceptors (Lipinski definition) is 4. The summed E-state index contributed by atoms with van der Waals surface area (Å²) in [5, 5.41) is 8.65. The van der Waals surface area contributed by atoms with Crippen LogP contribution in [0.4, 0.5) is 0 Å². The van der Waals surface area contributed by atoms with Crippen molar-refractivity contribution in [2.75, 3.05) is 18.1 Å². The van der Waals surface area contributed by atoms with E-state index in [2.05, 4.69) is 12.1 Å². The van der Waals surface area contributed by atoms with E-state index in [9.17, 15) is 4.79 Å². The van der Waals surface area contributed by atoms with E-state index in [1.165, 1.54) is 11.1 Å². The first-order valence-corrected chi connectivity index (χ1v) is 7.13. The fourth-order valence-electron chi connectivity index (χ4n) is 1.87. The number of rotatable bonds is 6. The van der Waals surface area contributed by atoms with E-state index < -0.39 is 12.0 Å². The van der Waals surface area contributed by atoms with Gasteiger partial charge in [-0.15, -0.1) is 0 Å². The van der Waals surface area contributed by atoms with Crippen molar-refractivity contribution in [3.8, 4) is 5.75 Å². The van der Waals surface area contributed by atoms with E-state index in [-0.39, 0.29) is 0 Å². The summed E-state index contributed by atoms with van der Waals surface area (Å²) in [4.78, 5) is 10.5. The Balaban J connectivity index is 1.75. The second kappa shape index (κ2) is 6.11. The van der Waals surface area contributed by atoms with Crippen LogP contribution in [0.25, 0.3) is 0 Å². The summed E-state index contributed by atoms with van der Waals surface area (Å²) in [6.45, 7) is 0.779. The SMILES string of the molecule is N[C@H](CSCCc1ccc2c(c1)CCO2)C(=O)O. The number of aliphatic carboxylic acids is 1. The molecule has 0 radical (unpaired) electrons. The van der Waals surface area contributed by atoms with Crippen molar-refractivity contribution in [2.45, 2.75) is 18.9 Å². The number of carbonyl (C=O) groups is 1. The molecule has 4 nitrogen and oxygen atoms in total. The lowest BCUT2D eigenvalue weighted by atomic mass is 10.1. The maximum Gasteiger partial charge on any atom is 0.321 e. The highest BCUT2D eigenvalue weighted by Gasteiger charge is 2.13. The molecule has 0 unspecified atom stereocenters. The molecule has 3 N–H and O–H groups in total. The molecule has 1 aliphatic rings. The summed E-state index contributed by atoms with van der Waals surface area (Å²) in [5.74, 6) is 1.42. The highest BCUT2D eigenvalue weighted by atomic mass is 32.2. The lowest BCUT2D eigenvalue weighted by molar-refractivity contribution is -0.137. The van der Waals surface area contributed by atoms with Crippen LogP contribution in [0.15, 0.2) is 18.2 Å². The summed E-state index contributed by atoms with van der Waals surface area (Å²) in [6, 6.07) is 5.51. The molecule has 0 bridgehead atoms. The molecule has 98 valence electrons. The van der Waals surface area contributed by atoms with Gasteiger partial charge in [-0.05, 0) is 29.4 Å². The molecule has 0 amide bonds. The monoisotopic (exact) mass is 267 g/mol. The van der Waals surface area contributed by atoms with Gasteiger partial charge in [-0.3, -0.25) is 4.79 Å². The van der Waals surface area contributed by atoms with Gasteiger partial charge in [-0.25, -0.2) is 0 Å². The molecule has 0 saturated carbocycles. The van der Waals surface area contributed by atoms with Gasteiger partial charge < -0.3 is 15.6 Å². The first-order chi connectivity index (χ1) is 8.66. The van der Waals surface area contributed by atoms with E-state index in [1.807, 2.05) is 6.07 Å². The Bertz CT molecular complexity index is 436. The lowest BCUT2D eigenvalue weighted by Gasteiger charge is -2.07. The maximum atomic E-state index is 10.5. The molecule has 1 aliphatic heterocycles. The summed E-state index contributed by atoms with van der Waals surface area (Å²) in [5.41, 5.74) is 7.98. The molecule has 1 heterocycles. The summed E-state index contributed by atoms with van der Waals surface area (Å²) in [7, 11) is 0. The molecular weight excluding hydrogens is 250 g/mol. The maximum absolute atomic E-state index is 10.5. The molecule has 5 heteroatoms. The van der Waals surface area contributed by atoms with Gasteiger partial charge in [0.1, 0.15) is 11.8 Å². The first-order valence-electron chi connectivity index (χ1n) is 5.97. The average molecular weight is 267 g/mol. The Labute approximate surface area is 111 Å². The van der Waals surface area contributed by atoms with Gasteiger partial charge in [0.05, 0.1) is 6.61 Å². The van der Waals surface area contributed by atoms with Crippen LogP contribution in [0.2, 0.25) is 0 Å². The molecule has 0 aromatic heterocycles. The van der Waals surface area contributed by atoms with Gasteiger partial charge in [0.2, 0.25) is 0 Å². The number of carboxylic acid groups (broad SMARTS) is 1. The Morgan fingerprint density at radius 1 is 1.56 bits per heavy atom. The summed E-state index contributed by atoms with van der Waals surface area (Å²) in [6.07, 6.45) is 1.92. The second-order valence-corrected chi connectivity index (χ2v) is 5.46. The van der Waals surface area contributed by atoms with Gasteiger partial charge >= 0.3 is 5.97 Å². The van der Waals surface area contributed by atoms with E-state index in [4.69, 9.17) is 15.6 Å². The fourth-order valence-corrected chi connectivity index (χ4v) is 2.81. The van der Waals surface area contributed by atoms with Crippen LogP contribution in [0, 0.1) is 0 Å². The van der Waals surface area contributed by atoms with Gasteiger partial charge in [0.15, 0.2) is 0 Å². The number of fused-ring (bicyclic) bond motifs is 1. The molecule has 0 spiro atoms. The van der Waals surface area contributed by atoms with Crippen molar-refractivity contribution in [3.05, 3.63) is 29.3 Å². The highest BCUT2D eigenvalue weighted by molar-refractivity contribution is 7.99. The molecule has 1 aromatic rings. The first kappa shape index (κ1) is 13.2. The van der Waals surface area contributed by atoms with Gasteiger partial charge in [-0.2, -0.15) is 11.8 Å². The number of thioether (sulfide) groups is 1. The minimum Gasteiger partial charge on any atom is -0.493 e. The van der Waals surface area contributed by atoms with Gasteiger partial charge in [0.25, 0.3) is 0 Å². The minimum atomic E-state index is -0.933. The zero-order valence-corrected chi connectivity index (χ0v) is 10.9. The number of ether oxygens (including phenoxy) is 1. The van der Waals surface area contributed by atoms with Crippen LogP contribution >= 0.6 is 11.8 Å². The van der Waals surface area contributed by atoms with Crippen molar-refractivity contribution in [2.24, 2.45) is 5.73 Å². The van der Waals surface area contributed by atoms with Crippen LogP contribution in [0.1, 0.15) is 11.1 Å². The Morgan fingerprint density at radius 3 is 3.17 bits per heavy atom. The Hall–Kier alpha value is -1.20. The van der Waals surface area contributed by atoms with Crippen LogP contribution in [-0.2, 0) is 17.6 Å². The zero-order chi connectivity index (χ0) is 13.0. The molecule has 2 rings (SSSR count). The van der Waals surface area contributed by atoms with Crippen molar-refractivity contribution in [1.82, 2.24) is 0 Å². The van der Waals surface area contributed by atoms with Crippen LogP contribution in [-0.4, -0.2) is 35.2 Å². The van der Waals surface area contributed by atoms with E-state index in [0.717, 1.165) is 31.0 Å². The summed E-state index contributed by atoms with van der Waals surface area (Å²) < 4.78 is 5.45.